The van der Waals surface area contributed by atoms with Gasteiger partial charge in [-0.05, 0) is 42.0 Å². The van der Waals surface area contributed by atoms with Crippen LogP contribution in [0.1, 0.15) is 57.1 Å². The molecular formula is C27H34N2O6. The molecule has 1 atom stereocenters. The Hall–Kier alpha value is -3.39. The van der Waals surface area contributed by atoms with Gasteiger partial charge in [-0.3, -0.25) is 9.59 Å². The number of carbonyl (C=O) groups is 3. The van der Waals surface area contributed by atoms with Crippen LogP contribution in [0.15, 0.2) is 48.5 Å². The molecule has 0 fully saturated rings. The first-order valence-corrected chi connectivity index (χ1v) is 12.1. The van der Waals surface area contributed by atoms with Crippen LogP contribution in [-0.4, -0.2) is 54.5 Å². The standard InChI is InChI=1S/C27H34N2O6/c1-4-27(5-2,25(32)28-16-18(34-6-3)15-24(30)31)29-26(33)35-17-23-21-13-9-7-11-19(21)20-12-8-10-14-22(20)23/h7-14,18,23H,4-6,15-17H2,1-3H3,(H,28,32)(H,29,33)(H,30,31). The molecule has 2 aromatic carbocycles. The monoisotopic (exact) mass is 482 g/mol. The van der Waals surface area contributed by atoms with Crippen molar-refractivity contribution in [2.45, 2.75) is 57.6 Å². The number of ether oxygens (including phenoxy) is 2. The number of carboxylic acids is 1. The quantitative estimate of drug-likeness (QED) is 0.420. The highest BCUT2D eigenvalue weighted by Crippen LogP contribution is 2.44. The number of nitrogens with one attached hydrogen (secondary N) is 2. The van der Waals surface area contributed by atoms with Crippen LogP contribution >= 0.6 is 0 Å². The average Bonchev–Trinajstić information content (AvgIpc) is 3.18. The summed E-state index contributed by atoms with van der Waals surface area (Å²) in [5.74, 6) is -1.49. The molecule has 0 heterocycles. The van der Waals surface area contributed by atoms with Crippen LogP contribution in [-0.2, 0) is 19.1 Å². The van der Waals surface area contributed by atoms with Crippen LogP contribution in [0.2, 0.25) is 0 Å². The molecule has 3 N–H and O–H groups in total. The zero-order valence-electron chi connectivity index (χ0n) is 20.5. The second-order valence-electron chi connectivity index (χ2n) is 8.62. The van der Waals surface area contributed by atoms with Crippen molar-refractivity contribution in [3.05, 3.63) is 59.7 Å². The summed E-state index contributed by atoms with van der Waals surface area (Å²) in [6.45, 7) is 5.90. The Kier molecular flexibility index (Phi) is 8.87. The number of aliphatic carboxylic acids is 1. The van der Waals surface area contributed by atoms with Gasteiger partial charge in [0.1, 0.15) is 12.1 Å². The molecule has 0 aliphatic heterocycles. The van der Waals surface area contributed by atoms with E-state index in [1.165, 1.54) is 0 Å². The second kappa shape index (κ2) is 11.8. The minimum absolute atomic E-state index is 0.0348. The fraction of sp³-hybridized carbons (Fsp3) is 0.444. The molecule has 1 aliphatic rings. The van der Waals surface area contributed by atoms with Gasteiger partial charge < -0.3 is 25.2 Å². The molecule has 1 unspecified atom stereocenters. The maximum Gasteiger partial charge on any atom is 0.408 e. The molecule has 0 spiro atoms. The molecule has 0 aromatic heterocycles. The van der Waals surface area contributed by atoms with E-state index in [2.05, 4.69) is 22.8 Å². The molecule has 2 aromatic rings. The number of fused-ring (bicyclic) bond motifs is 3. The van der Waals surface area contributed by atoms with Crippen molar-refractivity contribution in [1.82, 2.24) is 10.6 Å². The van der Waals surface area contributed by atoms with E-state index in [0.717, 1.165) is 22.3 Å². The van der Waals surface area contributed by atoms with Crippen LogP contribution in [0.4, 0.5) is 4.79 Å². The van der Waals surface area contributed by atoms with Gasteiger partial charge in [0, 0.05) is 19.1 Å². The molecule has 0 saturated carbocycles. The lowest BCUT2D eigenvalue weighted by Crippen LogP contribution is -2.59. The maximum absolute atomic E-state index is 13.1. The third-order valence-electron chi connectivity index (χ3n) is 6.62. The van der Waals surface area contributed by atoms with E-state index in [0.29, 0.717) is 19.4 Å². The number of alkyl carbamates (subject to hydrolysis) is 1. The zero-order chi connectivity index (χ0) is 25.4. The number of rotatable bonds is 12. The summed E-state index contributed by atoms with van der Waals surface area (Å²) in [5.41, 5.74) is 3.31. The summed E-state index contributed by atoms with van der Waals surface area (Å²) < 4.78 is 11.0. The Bertz CT molecular complexity index is 1000. The average molecular weight is 483 g/mol. The van der Waals surface area contributed by atoms with E-state index in [9.17, 15) is 14.4 Å². The molecule has 2 amide bonds. The summed E-state index contributed by atoms with van der Waals surface area (Å²) >= 11 is 0. The minimum atomic E-state index is -1.18. The van der Waals surface area contributed by atoms with Crippen LogP contribution in [0.5, 0.6) is 0 Å². The number of benzene rings is 2. The zero-order valence-corrected chi connectivity index (χ0v) is 20.5. The third-order valence-corrected chi connectivity index (χ3v) is 6.62. The van der Waals surface area contributed by atoms with Crippen molar-refractivity contribution >= 4 is 18.0 Å². The van der Waals surface area contributed by atoms with Gasteiger partial charge in [0.05, 0.1) is 12.5 Å². The Morgan fingerprint density at radius 1 is 0.971 bits per heavy atom. The SMILES string of the molecule is CCOC(CNC(=O)C(CC)(CC)NC(=O)OCC1c2ccccc2-c2ccccc21)CC(=O)O. The number of carbonyl (C=O) groups excluding carboxylic acids is 2. The summed E-state index contributed by atoms with van der Waals surface area (Å²) in [7, 11) is 0. The first-order chi connectivity index (χ1) is 16.8. The van der Waals surface area contributed by atoms with E-state index < -0.39 is 29.6 Å². The van der Waals surface area contributed by atoms with Crippen molar-refractivity contribution < 1.29 is 29.0 Å². The van der Waals surface area contributed by atoms with Gasteiger partial charge in [-0.25, -0.2) is 4.79 Å². The van der Waals surface area contributed by atoms with Crippen molar-refractivity contribution in [3.63, 3.8) is 0 Å². The van der Waals surface area contributed by atoms with Gasteiger partial charge in [-0.1, -0.05) is 62.4 Å². The molecule has 0 saturated heterocycles. The predicted molar refractivity (Wildman–Crippen MR) is 132 cm³/mol. The summed E-state index contributed by atoms with van der Waals surface area (Å²) in [4.78, 5) is 36.9. The Morgan fingerprint density at radius 2 is 1.54 bits per heavy atom. The molecule has 35 heavy (non-hydrogen) atoms. The van der Waals surface area contributed by atoms with Crippen molar-refractivity contribution in [2.75, 3.05) is 19.8 Å². The van der Waals surface area contributed by atoms with E-state index in [1.807, 2.05) is 50.2 Å². The fourth-order valence-electron chi connectivity index (χ4n) is 4.63. The van der Waals surface area contributed by atoms with Crippen molar-refractivity contribution in [3.8, 4) is 11.1 Å². The van der Waals surface area contributed by atoms with Gasteiger partial charge in [-0.2, -0.15) is 0 Å². The number of amides is 2. The molecule has 188 valence electrons. The lowest BCUT2D eigenvalue weighted by molar-refractivity contribution is -0.140. The highest BCUT2D eigenvalue weighted by atomic mass is 16.5. The second-order valence-corrected chi connectivity index (χ2v) is 8.62. The lowest BCUT2D eigenvalue weighted by atomic mass is 9.91. The van der Waals surface area contributed by atoms with Crippen LogP contribution in [0.25, 0.3) is 11.1 Å². The minimum Gasteiger partial charge on any atom is -0.481 e. The first-order valence-electron chi connectivity index (χ1n) is 12.1. The molecule has 3 rings (SSSR count). The normalized spacial score (nSPS) is 13.5. The molecular weight excluding hydrogens is 448 g/mol. The van der Waals surface area contributed by atoms with Gasteiger partial charge in [0.2, 0.25) is 5.91 Å². The molecule has 0 radical (unpaired) electrons. The third kappa shape index (κ3) is 6.00. The van der Waals surface area contributed by atoms with Gasteiger partial charge in [0.25, 0.3) is 0 Å². The Labute approximate surface area is 206 Å². The molecule has 8 heteroatoms. The van der Waals surface area contributed by atoms with Crippen LogP contribution in [0.3, 0.4) is 0 Å². The lowest BCUT2D eigenvalue weighted by Gasteiger charge is -2.31. The van der Waals surface area contributed by atoms with Crippen LogP contribution < -0.4 is 10.6 Å². The van der Waals surface area contributed by atoms with Gasteiger partial charge >= 0.3 is 12.1 Å². The summed E-state index contributed by atoms with van der Waals surface area (Å²) in [5, 5.41) is 14.6. The van der Waals surface area contributed by atoms with E-state index in [-0.39, 0.29) is 25.5 Å². The van der Waals surface area contributed by atoms with Gasteiger partial charge in [-0.15, -0.1) is 0 Å². The highest BCUT2D eigenvalue weighted by Gasteiger charge is 2.38. The molecule has 0 bridgehead atoms. The Balaban J connectivity index is 1.64. The maximum atomic E-state index is 13.1. The van der Waals surface area contributed by atoms with E-state index in [1.54, 1.807) is 6.92 Å². The van der Waals surface area contributed by atoms with Gasteiger partial charge in [0.15, 0.2) is 0 Å². The smallest absolute Gasteiger partial charge is 0.408 e. The number of hydrogen-bond acceptors (Lipinski definition) is 5. The van der Waals surface area contributed by atoms with E-state index in [4.69, 9.17) is 14.6 Å². The van der Waals surface area contributed by atoms with Crippen molar-refractivity contribution in [2.24, 2.45) is 0 Å². The highest BCUT2D eigenvalue weighted by molar-refractivity contribution is 5.90. The number of hydrogen-bond donors (Lipinski definition) is 3. The van der Waals surface area contributed by atoms with Crippen molar-refractivity contribution in [1.29, 1.82) is 0 Å². The molecule has 1 aliphatic carbocycles. The summed E-state index contributed by atoms with van der Waals surface area (Å²) in [6.07, 6.45) is -0.853. The Morgan fingerprint density at radius 3 is 2.06 bits per heavy atom. The van der Waals surface area contributed by atoms with E-state index >= 15 is 0 Å². The first kappa shape index (κ1) is 26.2. The number of carboxylic acid groups (broad SMARTS) is 1. The fourth-order valence-corrected chi connectivity index (χ4v) is 4.63. The summed E-state index contributed by atoms with van der Waals surface area (Å²) in [6, 6.07) is 16.2. The topological polar surface area (TPSA) is 114 Å². The van der Waals surface area contributed by atoms with Crippen LogP contribution in [0, 0.1) is 0 Å². The predicted octanol–water partition coefficient (Wildman–Crippen LogP) is 4.08. The molecule has 8 nitrogen and oxygen atoms in total. The largest absolute Gasteiger partial charge is 0.481 e.